The van der Waals surface area contributed by atoms with Crippen LogP contribution in [0.4, 0.5) is 0 Å². The van der Waals surface area contributed by atoms with Gasteiger partial charge in [0.25, 0.3) is 0 Å². The molecule has 140 valence electrons. The van der Waals surface area contributed by atoms with E-state index in [0.717, 1.165) is 22.6 Å². The number of ketones is 1. The number of benzene rings is 2. The van der Waals surface area contributed by atoms with Gasteiger partial charge in [0, 0.05) is 10.4 Å². The number of nitrogens with zero attached hydrogens (tertiary/aromatic N) is 1. The van der Waals surface area contributed by atoms with Gasteiger partial charge >= 0.3 is 0 Å². The van der Waals surface area contributed by atoms with Crippen LogP contribution < -0.4 is 4.74 Å². The maximum absolute atomic E-state index is 13.3. The summed E-state index contributed by atoms with van der Waals surface area (Å²) in [5.41, 5.74) is 2.38. The molecule has 2 aromatic carbocycles. The molecule has 4 nitrogen and oxygen atoms in total. The van der Waals surface area contributed by atoms with Crippen molar-refractivity contribution in [2.24, 2.45) is 0 Å². The zero-order chi connectivity index (χ0) is 19.3. The van der Waals surface area contributed by atoms with Gasteiger partial charge in [-0.2, -0.15) is 0 Å². The molecule has 0 fully saturated rings. The van der Waals surface area contributed by atoms with Crippen LogP contribution in [0.3, 0.4) is 0 Å². The zero-order valence-electron chi connectivity index (χ0n) is 15.4. The number of carbonyl (C=O) groups excluding carboxylic acids is 1. The molecule has 28 heavy (non-hydrogen) atoms. The number of para-hydroxylation sites is 2. The fraction of sp³-hybridized carbons (Fsp3) is 0.130. The third-order valence-corrected chi connectivity index (χ3v) is 5.01. The van der Waals surface area contributed by atoms with E-state index in [0.29, 0.717) is 29.2 Å². The molecule has 0 unspecified atom stereocenters. The zero-order valence-corrected chi connectivity index (χ0v) is 16.2. The van der Waals surface area contributed by atoms with Crippen molar-refractivity contribution < 1.29 is 13.9 Å². The highest BCUT2D eigenvalue weighted by atomic mass is 32.1. The van der Waals surface area contributed by atoms with E-state index < -0.39 is 0 Å². The van der Waals surface area contributed by atoms with Gasteiger partial charge in [0.2, 0.25) is 5.89 Å². The first-order chi connectivity index (χ1) is 13.7. The Morgan fingerprint density at radius 3 is 2.64 bits per heavy atom. The molecule has 0 amide bonds. The Hall–Kier alpha value is -3.18. The van der Waals surface area contributed by atoms with Crippen molar-refractivity contribution in [2.75, 3.05) is 6.61 Å². The number of fused-ring (bicyclic) bond motifs is 1. The summed E-state index contributed by atoms with van der Waals surface area (Å²) in [4.78, 5) is 18.8. The fourth-order valence-electron chi connectivity index (χ4n) is 2.81. The number of rotatable bonds is 7. The molecule has 2 aromatic heterocycles. The van der Waals surface area contributed by atoms with Gasteiger partial charge in [-0.1, -0.05) is 25.1 Å². The van der Waals surface area contributed by atoms with Gasteiger partial charge < -0.3 is 9.15 Å². The fourth-order valence-corrected chi connectivity index (χ4v) is 3.46. The van der Waals surface area contributed by atoms with Gasteiger partial charge in [0.05, 0.1) is 12.2 Å². The van der Waals surface area contributed by atoms with E-state index in [1.807, 2.05) is 60.0 Å². The summed E-state index contributed by atoms with van der Waals surface area (Å²) in [5, 5.41) is 1.97. The summed E-state index contributed by atoms with van der Waals surface area (Å²) in [6, 6.07) is 18.6. The average Bonchev–Trinajstić information content (AvgIpc) is 3.39. The third-order valence-electron chi connectivity index (χ3n) is 4.19. The summed E-state index contributed by atoms with van der Waals surface area (Å²) in [6.07, 6.45) is 2.77. The second-order valence-electron chi connectivity index (χ2n) is 6.26. The van der Waals surface area contributed by atoms with Crippen molar-refractivity contribution in [1.82, 2.24) is 4.98 Å². The first-order valence-corrected chi connectivity index (χ1v) is 10.0. The highest BCUT2D eigenvalue weighted by molar-refractivity contribution is 7.11. The molecule has 0 N–H and O–H groups in total. The van der Waals surface area contributed by atoms with Crippen LogP contribution in [-0.2, 0) is 0 Å². The Bertz CT molecular complexity index is 1080. The number of aromatic nitrogens is 1. The molecule has 5 heteroatoms. The number of allylic oxidation sites excluding steroid dienone is 1. The minimum Gasteiger partial charge on any atom is -0.494 e. The lowest BCUT2D eigenvalue weighted by Crippen LogP contribution is -2.03. The van der Waals surface area contributed by atoms with Crippen LogP contribution in [0, 0.1) is 0 Å². The van der Waals surface area contributed by atoms with Gasteiger partial charge in [-0.05, 0) is 60.3 Å². The largest absolute Gasteiger partial charge is 0.494 e. The number of carbonyl (C=O) groups is 1. The summed E-state index contributed by atoms with van der Waals surface area (Å²) in [6.45, 7) is 2.71. The van der Waals surface area contributed by atoms with E-state index in [2.05, 4.69) is 11.9 Å². The van der Waals surface area contributed by atoms with Crippen LogP contribution in [0.2, 0.25) is 0 Å². The molecule has 0 spiro atoms. The van der Waals surface area contributed by atoms with Gasteiger partial charge in [-0.3, -0.25) is 4.79 Å². The Labute approximate surface area is 167 Å². The molecule has 0 bridgehead atoms. The molecule has 0 aliphatic rings. The second-order valence-corrected chi connectivity index (χ2v) is 7.24. The topological polar surface area (TPSA) is 52.3 Å². The van der Waals surface area contributed by atoms with E-state index in [1.165, 1.54) is 0 Å². The predicted octanol–water partition coefficient (Wildman–Crippen LogP) is 6.10. The third kappa shape index (κ3) is 3.89. The SMILES string of the molecule is CCCOc1ccc(C(=O)C(=Cc2cccs2)c2nc3ccccc3o2)cc1. The van der Waals surface area contributed by atoms with Crippen molar-refractivity contribution >= 4 is 39.9 Å². The molecule has 0 saturated carbocycles. The van der Waals surface area contributed by atoms with E-state index >= 15 is 0 Å². The summed E-state index contributed by atoms with van der Waals surface area (Å²) >= 11 is 1.56. The lowest BCUT2D eigenvalue weighted by atomic mass is 10.0. The van der Waals surface area contributed by atoms with Crippen LogP contribution in [0.15, 0.2) is 70.5 Å². The summed E-state index contributed by atoms with van der Waals surface area (Å²) in [5.74, 6) is 0.942. The maximum Gasteiger partial charge on any atom is 0.231 e. The van der Waals surface area contributed by atoms with Crippen LogP contribution in [0.1, 0.15) is 34.5 Å². The van der Waals surface area contributed by atoms with Gasteiger partial charge in [-0.15, -0.1) is 11.3 Å². The average molecular weight is 389 g/mol. The Morgan fingerprint density at radius 2 is 1.93 bits per heavy atom. The van der Waals surface area contributed by atoms with Crippen molar-refractivity contribution in [3.8, 4) is 5.75 Å². The molecule has 0 aliphatic heterocycles. The van der Waals surface area contributed by atoms with Crippen LogP contribution in [-0.4, -0.2) is 17.4 Å². The molecular weight excluding hydrogens is 370 g/mol. The van der Waals surface area contributed by atoms with E-state index in [4.69, 9.17) is 9.15 Å². The van der Waals surface area contributed by atoms with Crippen LogP contribution in [0.5, 0.6) is 5.75 Å². The number of hydrogen-bond acceptors (Lipinski definition) is 5. The lowest BCUT2D eigenvalue weighted by molar-refractivity contribution is 0.105. The molecule has 0 radical (unpaired) electrons. The molecular formula is C23H19NO3S. The Morgan fingerprint density at radius 1 is 1.11 bits per heavy atom. The van der Waals surface area contributed by atoms with Crippen LogP contribution >= 0.6 is 11.3 Å². The van der Waals surface area contributed by atoms with E-state index in [1.54, 1.807) is 23.5 Å². The van der Waals surface area contributed by atoms with Crippen molar-refractivity contribution in [3.05, 3.63) is 82.4 Å². The van der Waals surface area contributed by atoms with Gasteiger partial charge in [-0.25, -0.2) is 4.98 Å². The predicted molar refractivity (Wildman–Crippen MR) is 113 cm³/mol. The van der Waals surface area contributed by atoms with Crippen molar-refractivity contribution in [2.45, 2.75) is 13.3 Å². The number of oxazole rings is 1. The molecule has 0 saturated heterocycles. The highest BCUT2D eigenvalue weighted by Gasteiger charge is 2.20. The Kier molecular flexibility index (Phi) is 5.35. The minimum absolute atomic E-state index is 0.137. The monoisotopic (exact) mass is 389 g/mol. The Balaban J connectivity index is 1.72. The molecule has 2 heterocycles. The lowest BCUT2D eigenvalue weighted by Gasteiger charge is -2.06. The number of Topliss-reactive ketones (excluding diaryl/α,β-unsaturated/α-hetero) is 1. The standard InChI is InChI=1S/C23H19NO3S/c1-2-13-26-17-11-9-16(10-12-17)22(25)19(15-18-6-5-14-28-18)23-24-20-7-3-4-8-21(20)27-23/h3-12,14-15H,2,13H2,1H3. The first kappa shape index (κ1) is 18.2. The summed E-state index contributed by atoms with van der Waals surface area (Å²) in [7, 11) is 0. The summed E-state index contributed by atoms with van der Waals surface area (Å²) < 4.78 is 11.5. The maximum atomic E-state index is 13.3. The second kappa shape index (κ2) is 8.23. The first-order valence-electron chi connectivity index (χ1n) is 9.13. The number of thiophene rings is 1. The molecule has 0 aliphatic carbocycles. The quantitative estimate of drug-likeness (QED) is 0.283. The highest BCUT2D eigenvalue weighted by Crippen LogP contribution is 2.28. The van der Waals surface area contributed by atoms with Crippen molar-refractivity contribution in [3.63, 3.8) is 0 Å². The molecule has 4 rings (SSSR count). The normalized spacial score (nSPS) is 11.7. The minimum atomic E-state index is -0.137. The van der Waals surface area contributed by atoms with E-state index in [9.17, 15) is 4.79 Å². The molecule has 0 atom stereocenters. The number of hydrogen-bond donors (Lipinski definition) is 0. The van der Waals surface area contributed by atoms with Crippen molar-refractivity contribution in [1.29, 1.82) is 0 Å². The number of ether oxygens (including phenoxy) is 1. The van der Waals surface area contributed by atoms with Crippen LogP contribution in [0.25, 0.3) is 22.7 Å². The van der Waals surface area contributed by atoms with Gasteiger partial charge in [0.15, 0.2) is 11.4 Å². The molecule has 4 aromatic rings. The van der Waals surface area contributed by atoms with E-state index in [-0.39, 0.29) is 5.78 Å². The van der Waals surface area contributed by atoms with Gasteiger partial charge in [0.1, 0.15) is 11.3 Å². The smallest absolute Gasteiger partial charge is 0.231 e.